The van der Waals surface area contributed by atoms with Gasteiger partial charge in [0.05, 0.1) is 17.2 Å². The molecule has 0 spiro atoms. The molecule has 6 heteroatoms. The first-order chi connectivity index (χ1) is 11.1. The van der Waals surface area contributed by atoms with Gasteiger partial charge in [0.25, 0.3) is 5.56 Å². The lowest BCUT2D eigenvalue weighted by Gasteiger charge is -2.19. The molecule has 0 unspecified atom stereocenters. The predicted molar refractivity (Wildman–Crippen MR) is 89.4 cm³/mol. The number of para-hydroxylation sites is 1. The third-order valence-electron chi connectivity index (χ3n) is 4.58. The molecule has 0 saturated carbocycles. The second-order valence-electron chi connectivity index (χ2n) is 6.23. The van der Waals surface area contributed by atoms with E-state index in [4.69, 9.17) is 0 Å². The van der Waals surface area contributed by atoms with Crippen LogP contribution < -0.4 is 10.9 Å². The van der Waals surface area contributed by atoms with Crippen LogP contribution >= 0.6 is 0 Å². The van der Waals surface area contributed by atoms with Gasteiger partial charge in [-0.15, -0.1) is 0 Å². The van der Waals surface area contributed by atoms with Crippen molar-refractivity contribution >= 4 is 16.8 Å². The Morgan fingerprint density at radius 3 is 3.00 bits per heavy atom. The Kier molecular flexibility index (Phi) is 4.43. The number of hydrogen-bond donors (Lipinski definition) is 1. The van der Waals surface area contributed by atoms with E-state index in [1.807, 2.05) is 19.1 Å². The zero-order valence-electron chi connectivity index (χ0n) is 13.6. The molecule has 1 saturated heterocycles. The monoisotopic (exact) mass is 314 g/mol. The summed E-state index contributed by atoms with van der Waals surface area (Å²) in [6, 6.07) is 5.90. The Morgan fingerprint density at radius 1 is 1.43 bits per heavy atom. The number of aryl methyl sites for hydroxylation is 1. The van der Waals surface area contributed by atoms with Gasteiger partial charge in [-0.1, -0.05) is 12.1 Å². The highest BCUT2D eigenvalue weighted by Crippen LogP contribution is 2.13. The highest BCUT2D eigenvalue weighted by Gasteiger charge is 2.21. The van der Waals surface area contributed by atoms with Crippen molar-refractivity contribution in [2.75, 3.05) is 20.1 Å². The summed E-state index contributed by atoms with van der Waals surface area (Å²) in [5.41, 5.74) is 1.48. The maximum Gasteiger partial charge on any atom is 0.261 e. The van der Waals surface area contributed by atoms with Crippen molar-refractivity contribution in [1.29, 1.82) is 0 Å². The average molecular weight is 314 g/mol. The number of likely N-dealkylation sites (N-methyl/N-ethyl adjacent to an activating group) is 1. The lowest BCUT2D eigenvalue weighted by molar-refractivity contribution is -0.121. The summed E-state index contributed by atoms with van der Waals surface area (Å²) in [6.07, 6.45) is 3.73. The minimum atomic E-state index is -0.174. The summed E-state index contributed by atoms with van der Waals surface area (Å²) in [7, 11) is 2.07. The van der Waals surface area contributed by atoms with Gasteiger partial charge in [-0.2, -0.15) is 0 Å². The summed E-state index contributed by atoms with van der Waals surface area (Å²) in [5.74, 6) is -0.152. The van der Waals surface area contributed by atoms with E-state index in [0.29, 0.717) is 23.5 Å². The molecule has 0 aliphatic carbocycles. The Morgan fingerprint density at radius 2 is 2.26 bits per heavy atom. The Balaban J connectivity index is 1.70. The summed E-state index contributed by atoms with van der Waals surface area (Å²) < 4.78 is 1.37. The van der Waals surface area contributed by atoms with Crippen molar-refractivity contribution < 1.29 is 4.79 Å². The van der Waals surface area contributed by atoms with Crippen molar-refractivity contribution in [2.24, 2.45) is 0 Å². The van der Waals surface area contributed by atoms with Crippen LogP contribution in [-0.2, 0) is 11.3 Å². The molecule has 3 rings (SSSR count). The Hall–Kier alpha value is -2.21. The van der Waals surface area contributed by atoms with E-state index in [9.17, 15) is 9.59 Å². The van der Waals surface area contributed by atoms with Crippen LogP contribution in [0.4, 0.5) is 0 Å². The second-order valence-corrected chi connectivity index (χ2v) is 6.23. The van der Waals surface area contributed by atoms with E-state index in [1.165, 1.54) is 17.3 Å². The number of likely N-dealkylation sites (tertiary alicyclic amines) is 1. The zero-order chi connectivity index (χ0) is 16.4. The van der Waals surface area contributed by atoms with Gasteiger partial charge in [-0.25, -0.2) is 4.98 Å². The van der Waals surface area contributed by atoms with Gasteiger partial charge in [0.2, 0.25) is 5.91 Å². The number of benzene rings is 1. The average Bonchev–Trinajstić information content (AvgIpc) is 2.94. The smallest absolute Gasteiger partial charge is 0.261 e. The van der Waals surface area contributed by atoms with Crippen molar-refractivity contribution in [3.8, 4) is 0 Å². The van der Waals surface area contributed by atoms with E-state index in [2.05, 4.69) is 22.2 Å². The third-order valence-corrected chi connectivity index (χ3v) is 4.58. The number of nitrogens with zero attached hydrogens (tertiary/aromatic N) is 3. The first-order valence-corrected chi connectivity index (χ1v) is 7.98. The molecule has 122 valence electrons. The van der Waals surface area contributed by atoms with E-state index in [1.54, 1.807) is 6.07 Å². The number of carbonyl (C=O) groups excluding carboxylic acids is 1. The van der Waals surface area contributed by atoms with Crippen LogP contribution in [0.3, 0.4) is 0 Å². The summed E-state index contributed by atoms with van der Waals surface area (Å²) >= 11 is 0. The number of fused-ring (bicyclic) bond motifs is 1. The molecule has 1 amide bonds. The third kappa shape index (κ3) is 3.27. The summed E-state index contributed by atoms with van der Waals surface area (Å²) in [4.78, 5) is 31.2. The van der Waals surface area contributed by atoms with Gasteiger partial charge >= 0.3 is 0 Å². The highest BCUT2D eigenvalue weighted by atomic mass is 16.2. The molecule has 2 aromatic rings. The number of hydrogen-bond acceptors (Lipinski definition) is 4. The number of carbonyl (C=O) groups is 1. The molecular formula is C17H22N4O2. The highest BCUT2D eigenvalue weighted by molar-refractivity contribution is 5.81. The standard InChI is InChI=1S/C17H22N4O2/c1-12-5-3-7-14-16(12)19-11-21(17(14)23)10-15(22)18-9-13-6-4-8-20(13)2/h3,5,7,11,13H,4,6,8-10H2,1-2H3,(H,18,22)/t13-/m1/s1. The largest absolute Gasteiger partial charge is 0.353 e. The SMILES string of the molecule is Cc1cccc2c(=O)n(CC(=O)NC[C@H]3CCCN3C)cnc12. The van der Waals surface area contributed by atoms with E-state index in [-0.39, 0.29) is 18.0 Å². The van der Waals surface area contributed by atoms with Crippen LogP contribution in [-0.4, -0.2) is 46.5 Å². The first kappa shape index (κ1) is 15.7. The van der Waals surface area contributed by atoms with Gasteiger partial charge in [0.1, 0.15) is 6.54 Å². The molecule has 1 fully saturated rings. The minimum Gasteiger partial charge on any atom is -0.353 e. The number of amides is 1. The number of aromatic nitrogens is 2. The van der Waals surface area contributed by atoms with E-state index in [0.717, 1.165) is 18.5 Å². The van der Waals surface area contributed by atoms with Gasteiger partial charge < -0.3 is 10.2 Å². The number of nitrogens with one attached hydrogen (secondary N) is 1. The molecule has 2 heterocycles. The maximum atomic E-state index is 12.5. The molecule has 6 nitrogen and oxygen atoms in total. The molecule has 1 aromatic carbocycles. The molecule has 0 radical (unpaired) electrons. The van der Waals surface area contributed by atoms with Gasteiger partial charge in [0, 0.05) is 12.6 Å². The Bertz CT molecular complexity index is 784. The van der Waals surface area contributed by atoms with Gasteiger partial charge in [-0.3, -0.25) is 14.2 Å². The normalized spacial score (nSPS) is 18.4. The molecule has 1 N–H and O–H groups in total. The van der Waals surface area contributed by atoms with Crippen LogP contribution in [0.15, 0.2) is 29.3 Å². The van der Waals surface area contributed by atoms with Crippen LogP contribution in [0, 0.1) is 6.92 Å². The van der Waals surface area contributed by atoms with Gasteiger partial charge in [-0.05, 0) is 45.0 Å². The lowest BCUT2D eigenvalue weighted by atomic mass is 10.1. The summed E-state index contributed by atoms with van der Waals surface area (Å²) in [5, 5.41) is 3.47. The molecule has 0 bridgehead atoms. The molecular weight excluding hydrogens is 292 g/mol. The van der Waals surface area contributed by atoms with E-state index < -0.39 is 0 Å². The van der Waals surface area contributed by atoms with Crippen LogP contribution in [0.1, 0.15) is 18.4 Å². The predicted octanol–water partition coefficient (Wildman–Crippen LogP) is 0.915. The van der Waals surface area contributed by atoms with Crippen LogP contribution in [0.5, 0.6) is 0 Å². The van der Waals surface area contributed by atoms with Crippen molar-refractivity contribution in [1.82, 2.24) is 19.8 Å². The van der Waals surface area contributed by atoms with E-state index >= 15 is 0 Å². The maximum absolute atomic E-state index is 12.5. The summed E-state index contributed by atoms with van der Waals surface area (Å²) in [6.45, 7) is 3.63. The minimum absolute atomic E-state index is 0.00610. The van der Waals surface area contributed by atoms with Crippen molar-refractivity contribution in [3.05, 3.63) is 40.4 Å². The fourth-order valence-corrected chi connectivity index (χ4v) is 3.13. The fraction of sp³-hybridized carbons (Fsp3) is 0.471. The first-order valence-electron chi connectivity index (χ1n) is 7.98. The molecule has 1 aromatic heterocycles. The Labute approximate surface area is 135 Å². The van der Waals surface area contributed by atoms with Crippen LogP contribution in [0.2, 0.25) is 0 Å². The molecule has 1 aliphatic rings. The molecule has 1 atom stereocenters. The fourth-order valence-electron chi connectivity index (χ4n) is 3.13. The van der Waals surface area contributed by atoms with Crippen molar-refractivity contribution in [2.45, 2.75) is 32.4 Å². The van der Waals surface area contributed by atoms with Crippen molar-refractivity contribution in [3.63, 3.8) is 0 Å². The molecule has 23 heavy (non-hydrogen) atoms. The zero-order valence-corrected chi connectivity index (χ0v) is 13.6. The lowest BCUT2D eigenvalue weighted by Crippen LogP contribution is -2.40. The molecule has 1 aliphatic heterocycles. The topological polar surface area (TPSA) is 67.2 Å². The van der Waals surface area contributed by atoms with Crippen LogP contribution in [0.25, 0.3) is 10.9 Å². The second kappa shape index (κ2) is 6.50. The number of rotatable bonds is 4. The quantitative estimate of drug-likeness (QED) is 0.911. The van der Waals surface area contributed by atoms with Gasteiger partial charge in [0.15, 0.2) is 0 Å².